The lowest BCUT2D eigenvalue weighted by Gasteiger charge is -2.37. The number of imide groups is 1. The van der Waals surface area contributed by atoms with Crippen LogP contribution in [-0.2, 0) is 27.9 Å². The summed E-state index contributed by atoms with van der Waals surface area (Å²) in [6, 6.07) is 5.25. The van der Waals surface area contributed by atoms with Crippen LogP contribution in [0.5, 0.6) is 0 Å². The van der Waals surface area contributed by atoms with Gasteiger partial charge in [0, 0.05) is 33.1 Å². The van der Waals surface area contributed by atoms with Crippen LogP contribution in [-0.4, -0.2) is 68.6 Å². The Balaban J connectivity index is 1.17. The van der Waals surface area contributed by atoms with E-state index in [0.717, 1.165) is 75.0 Å². The van der Waals surface area contributed by atoms with Gasteiger partial charge in [-0.15, -0.1) is 0 Å². The van der Waals surface area contributed by atoms with E-state index < -0.39 is 17.6 Å². The smallest absolute Gasteiger partial charge is 0.410 e. The lowest BCUT2D eigenvalue weighted by atomic mass is 9.83. The van der Waals surface area contributed by atoms with Crippen molar-refractivity contribution >= 4 is 28.9 Å². The highest BCUT2D eigenvalue weighted by molar-refractivity contribution is 6.00. The minimum absolute atomic E-state index is 0.195. The number of carbonyl (C=O) groups excluding carboxylic acids is 3. The van der Waals surface area contributed by atoms with E-state index in [2.05, 4.69) is 16.3 Å². The van der Waals surface area contributed by atoms with Crippen LogP contribution in [0.1, 0.15) is 77.3 Å². The highest BCUT2D eigenvalue weighted by Gasteiger charge is 2.32. The Labute approximate surface area is 235 Å². The zero-order valence-electron chi connectivity index (χ0n) is 24.3. The Kier molecular flexibility index (Phi) is 8.08. The molecule has 3 amide bonds. The van der Waals surface area contributed by atoms with Gasteiger partial charge in [0.2, 0.25) is 11.8 Å². The molecule has 10 nitrogen and oxygen atoms in total. The zero-order chi connectivity index (χ0) is 28.6. The number of imidazole rings is 1. The SMILES string of the molecule is Cn1c(=O)n(C2CCC(=O)NC2=O)c2cccc(CN3CCC(CC4CCN(C(=O)OC(C)(C)C)CC4)CC3)c21. The van der Waals surface area contributed by atoms with Crippen molar-refractivity contribution in [2.75, 3.05) is 26.2 Å². The molecule has 3 aliphatic rings. The minimum Gasteiger partial charge on any atom is -0.444 e. The molecule has 0 radical (unpaired) electrons. The maximum atomic E-state index is 13.2. The standard InChI is InChI=1S/C30H43N5O5/c1-30(2,3)40-29(39)34-16-12-21(13-17-34)18-20-10-14-33(15-11-20)19-22-6-5-7-23-26(22)32(4)28(38)35(23)24-8-9-25(36)31-27(24)37/h5-7,20-21,24H,8-19H2,1-4H3,(H,31,36,37). The van der Waals surface area contributed by atoms with Crippen molar-refractivity contribution in [1.82, 2.24) is 24.3 Å². The first-order chi connectivity index (χ1) is 19.0. The van der Waals surface area contributed by atoms with Gasteiger partial charge in [0.25, 0.3) is 0 Å². The third-order valence-corrected chi connectivity index (χ3v) is 8.74. The topological polar surface area (TPSA) is 106 Å². The summed E-state index contributed by atoms with van der Waals surface area (Å²) < 4.78 is 8.74. The molecule has 0 saturated carbocycles. The fraction of sp³-hybridized carbons (Fsp3) is 0.667. The van der Waals surface area contributed by atoms with Crippen LogP contribution in [0.25, 0.3) is 11.0 Å². The van der Waals surface area contributed by atoms with E-state index in [1.54, 1.807) is 16.2 Å². The number of fused-ring (bicyclic) bond motifs is 1. The average Bonchev–Trinajstić information content (AvgIpc) is 3.15. The van der Waals surface area contributed by atoms with Gasteiger partial charge < -0.3 is 9.64 Å². The molecule has 3 aliphatic heterocycles. The number of ether oxygens (including phenoxy) is 1. The number of likely N-dealkylation sites (tertiary alicyclic amines) is 2. The van der Waals surface area contributed by atoms with Gasteiger partial charge in [-0.25, -0.2) is 9.59 Å². The Bertz CT molecular complexity index is 1320. The van der Waals surface area contributed by atoms with Crippen molar-refractivity contribution < 1.29 is 19.1 Å². The molecule has 4 heterocycles. The van der Waals surface area contributed by atoms with E-state index in [9.17, 15) is 19.2 Å². The Hall–Kier alpha value is -3.14. The summed E-state index contributed by atoms with van der Waals surface area (Å²) in [5.41, 5.74) is 1.99. The van der Waals surface area contributed by atoms with Gasteiger partial charge in [-0.2, -0.15) is 0 Å². The summed E-state index contributed by atoms with van der Waals surface area (Å²) >= 11 is 0. The second-order valence-corrected chi connectivity index (χ2v) is 12.8. The summed E-state index contributed by atoms with van der Waals surface area (Å²) in [6.07, 6.45) is 5.97. The number of hydrogen-bond donors (Lipinski definition) is 1. The predicted octanol–water partition coefficient (Wildman–Crippen LogP) is 3.57. The lowest BCUT2D eigenvalue weighted by Crippen LogP contribution is -2.44. The Morgan fingerprint density at radius 2 is 1.62 bits per heavy atom. The summed E-state index contributed by atoms with van der Waals surface area (Å²) in [4.78, 5) is 54.1. The van der Waals surface area contributed by atoms with Gasteiger partial charge in [0.15, 0.2) is 0 Å². The summed E-state index contributed by atoms with van der Waals surface area (Å²) in [5.74, 6) is 0.660. The molecule has 0 bridgehead atoms. The van der Waals surface area contributed by atoms with E-state index in [0.29, 0.717) is 18.3 Å². The number of carbonyl (C=O) groups is 3. The average molecular weight is 554 g/mol. The van der Waals surface area contributed by atoms with Crippen molar-refractivity contribution in [3.63, 3.8) is 0 Å². The molecule has 0 aliphatic carbocycles. The van der Waals surface area contributed by atoms with Gasteiger partial charge in [-0.3, -0.25) is 28.9 Å². The minimum atomic E-state index is -0.670. The number of hydrogen-bond acceptors (Lipinski definition) is 6. The van der Waals surface area contributed by atoms with Crippen molar-refractivity contribution in [2.24, 2.45) is 18.9 Å². The highest BCUT2D eigenvalue weighted by atomic mass is 16.6. The molecule has 1 N–H and O–H groups in total. The Morgan fingerprint density at radius 1 is 0.975 bits per heavy atom. The summed E-state index contributed by atoms with van der Waals surface area (Å²) in [6.45, 7) is 10.1. The number of benzene rings is 1. The number of piperidine rings is 3. The highest BCUT2D eigenvalue weighted by Crippen LogP contribution is 2.32. The third kappa shape index (κ3) is 6.11. The largest absolute Gasteiger partial charge is 0.444 e. The van der Waals surface area contributed by atoms with Gasteiger partial charge in [-0.1, -0.05) is 12.1 Å². The Morgan fingerprint density at radius 3 is 2.25 bits per heavy atom. The van der Waals surface area contributed by atoms with Crippen LogP contribution in [0.4, 0.5) is 4.79 Å². The first-order valence-electron chi connectivity index (χ1n) is 14.7. The number of aromatic nitrogens is 2. The molecule has 3 saturated heterocycles. The molecule has 5 rings (SSSR count). The normalized spacial score (nSPS) is 22.1. The van der Waals surface area contributed by atoms with E-state index in [1.807, 2.05) is 37.8 Å². The molecular weight excluding hydrogens is 510 g/mol. The van der Waals surface area contributed by atoms with E-state index in [4.69, 9.17) is 4.74 Å². The fourth-order valence-corrected chi connectivity index (χ4v) is 6.65. The molecule has 1 unspecified atom stereocenters. The maximum Gasteiger partial charge on any atom is 0.410 e. The second kappa shape index (κ2) is 11.4. The third-order valence-electron chi connectivity index (χ3n) is 8.74. The van der Waals surface area contributed by atoms with Crippen LogP contribution >= 0.6 is 0 Å². The van der Waals surface area contributed by atoms with Crippen LogP contribution in [0, 0.1) is 11.8 Å². The molecule has 0 spiro atoms. The lowest BCUT2D eigenvalue weighted by molar-refractivity contribution is -0.135. The number of rotatable bonds is 5. The van der Waals surface area contributed by atoms with Crippen LogP contribution < -0.4 is 11.0 Å². The van der Waals surface area contributed by atoms with E-state index in [1.165, 1.54) is 6.42 Å². The molecule has 2 aromatic rings. The van der Waals surface area contributed by atoms with Crippen molar-refractivity contribution in [2.45, 2.75) is 83.9 Å². The van der Waals surface area contributed by atoms with Crippen LogP contribution in [0.2, 0.25) is 0 Å². The van der Waals surface area contributed by atoms with Crippen LogP contribution in [0.3, 0.4) is 0 Å². The number of nitrogens with one attached hydrogen (secondary N) is 1. The maximum absolute atomic E-state index is 13.2. The molecule has 40 heavy (non-hydrogen) atoms. The first kappa shape index (κ1) is 28.4. The van der Waals surface area contributed by atoms with Gasteiger partial charge in [0.05, 0.1) is 11.0 Å². The van der Waals surface area contributed by atoms with Crippen molar-refractivity contribution in [3.8, 4) is 0 Å². The molecule has 218 valence electrons. The molecule has 3 fully saturated rings. The van der Waals surface area contributed by atoms with E-state index >= 15 is 0 Å². The molecule has 10 heteroatoms. The van der Waals surface area contributed by atoms with Crippen molar-refractivity contribution in [3.05, 3.63) is 34.2 Å². The van der Waals surface area contributed by atoms with Gasteiger partial charge >= 0.3 is 11.8 Å². The van der Waals surface area contributed by atoms with Gasteiger partial charge in [-0.05, 0) is 95.9 Å². The summed E-state index contributed by atoms with van der Waals surface area (Å²) in [5, 5.41) is 2.38. The first-order valence-corrected chi connectivity index (χ1v) is 14.7. The number of aryl methyl sites for hydroxylation is 1. The fourth-order valence-electron chi connectivity index (χ4n) is 6.65. The van der Waals surface area contributed by atoms with Crippen LogP contribution in [0.15, 0.2) is 23.0 Å². The molecule has 1 aromatic heterocycles. The predicted molar refractivity (Wildman–Crippen MR) is 152 cm³/mol. The van der Waals surface area contributed by atoms with E-state index in [-0.39, 0.29) is 24.1 Å². The molecular formula is C30H43N5O5. The number of para-hydroxylation sites is 1. The quantitative estimate of drug-likeness (QED) is 0.568. The second-order valence-electron chi connectivity index (χ2n) is 12.8. The summed E-state index contributed by atoms with van der Waals surface area (Å²) in [7, 11) is 1.76. The molecule has 1 aromatic carbocycles. The molecule has 1 atom stereocenters. The number of amides is 3. The van der Waals surface area contributed by atoms with Gasteiger partial charge in [0.1, 0.15) is 11.6 Å². The van der Waals surface area contributed by atoms with Crippen molar-refractivity contribution in [1.29, 1.82) is 0 Å². The number of nitrogens with zero attached hydrogens (tertiary/aromatic N) is 4. The monoisotopic (exact) mass is 553 g/mol. The zero-order valence-corrected chi connectivity index (χ0v) is 24.3.